The molecule has 46 valence electrons. The highest BCUT2D eigenvalue weighted by Gasteiger charge is 2.29. The molecule has 0 aromatic heterocycles. The summed E-state index contributed by atoms with van der Waals surface area (Å²) in [7, 11) is 0. The lowest BCUT2D eigenvalue weighted by Crippen LogP contribution is -2.54. The SMILES string of the molecule is CC(C)(C)[N]1C[O][AlH]1. The van der Waals surface area contributed by atoms with Crippen LogP contribution in [0.15, 0.2) is 0 Å². The summed E-state index contributed by atoms with van der Waals surface area (Å²) in [6.45, 7) is 7.54. The van der Waals surface area contributed by atoms with Gasteiger partial charge in [0.05, 0.1) is 6.73 Å². The van der Waals surface area contributed by atoms with Crippen molar-refractivity contribution >= 4 is 15.8 Å². The topological polar surface area (TPSA) is 12.5 Å². The molecule has 0 N–H and O–H groups in total. The molecule has 0 aliphatic carbocycles. The second kappa shape index (κ2) is 2.00. The van der Waals surface area contributed by atoms with Crippen molar-refractivity contribution in [2.24, 2.45) is 0 Å². The molecule has 3 heteroatoms. The second-order valence-electron chi connectivity index (χ2n) is 3.17. The number of hydrogen-bond acceptors (Lipinski definition) is 2. The van der Waals surface area contributed by atoms with Gasteiger partial charge in [-0.05, 0) is 26.3 Å². The maximum absolute atomic E-state index is 5.13. The van der Waals surface area contributed by atoms with Crippen LogP contribution in [0.2, 0.25) is 0 Å². The molecular formula is C5H12AlNO. The summed E-state index contributed by atoms with van der Waals surface area (Å²) in [5, 5.41) is 0. The van der Waals surface area contributed by atoms with E-state index in [4.69, 9.17) is 3.79 Å². The molecule has 1 saturated heterocycles. The van der Waals surface area contributed by atoms with E-state index in [2.05, 4.69) is 24.7 Å². The summed E-state index contributed by atoms with van der Waals surface area (Å²) in [5.41, 5.74) is 0.366. The molecular weight excluding hydrogens is 117 g/mol. The molecule has 0 spiro atoms. The Morgan fingerprint density at radius 2 is 2.00 bits per heavy atom. The summed E-state index contributed by atoms with van der Waals surface area (Å²) in [6, 6.07) is 0. The van der Waals surface area contributed by atoms with E-state index >= 15 is 0 Å². The Bertz CT molecular complexity index is 84.9. The van der Waals surface area contributed by atoms with E-state index in [1.165, 1.54) is 0 Å². The van der Waals surface area contributed by atoms with Gasteiger partial charge in [0.15, 0.2) is 0 Å². The molecule has 0 aromatic carbocycles. The maximum atomic E-state index is 5.13. The molecule has 0 aromatic rings. The third-order valence-corrected chi connectivity index (χ3v) is 3.25. The van der Waals surface area contributed by atoms with Crippen LogP contribution in [0, 0.1) is 0 Å². The van der Waals surface area contributed by atoms with E-state index in [-0.39, 0.29) is 15.8 Å². The Labute approximate surface area is 57.1 Å². The molecule has 0 radical (unpaired) electrons. The van der Waals surface area contributed by atoms with E-state index in [9.17, 15) is 0 Å². The maximum Gasteiger partial charge on any atom is 0.557 e. The lowest BCUT2D eigenvalue weighted by molar-refractivity contribution is 0.0377. The average Bonchev–Trinajstić information content (AvgIpc) is 1.16. The highest BCUT2D eigenvalue weighted by molar-refractivity contribution is 6.26. The van der Waals surface area contributed by atoms with Crippen molar-refractivity contribution in [3.8, 4) is 0 Å². The lowest BCUT2D eigenvalue weighted by atomic mass is 10.1. The van der Waals surface area contributed by atoms with Crippen LogP contribution in [-0.4, -0.2) is 31.9 Å². The summed E-state index contributed by atoms with van der Waals surface area (Å²) in [4.78, 5) is 0. The summed E-state index contributed by atoms with van der Waals surface area (Å²) < 4.78 is 7.54. The van der Waals surface area contributed by atoms with Crippen molar-refractivity contribution in [1.82, 2.24) is 3.88 Å². The Kier molecular flexibility index (Phi) is 1.64. The van der Waals surface area contributed by atoms with Gasteiger partial charge in [-0.25, -0.2) is 0 Å². The van der Waals surface area contributed by atoms with Gasteiger partial charge in [-0.3, -0.25) is 0 Å². The van der Waals surface area contributed by atoms with Crippen molar-refractivity contribution in [3.63, 3.8) is 0 Å². The monoisotopic (exact) mass is 129 g/mol. The fourth-order valence-electron chi connectivity index (χ4n) is 0.570. The minimum absolute atomic E-state index is 0.252. The number of hydrogen-bond donors (Lipinski definition) is 0. The lowest BCUT2D eigenvalue weighted by Gasteiger charge is -2.41. The Morgan fingerprint density at radius 3 is 2.00 bits per heavy atom. The molecule has 2 nitrogen and oxygen atoms in total. The van der Waals surface area contributed by atoms with Crippen LogP contribution in [0.5, 0.6) is 0 Å². The molecule has 0 bridgehead atoms. The normalized spacial score (nSPS) is 21.9. The van der Waals surface area contributed by atoms with Gasteiger partial charge in [0, 0.05) is 0 Å². The summed E-state index contributed by atoms with van der Waals surface area (Å²) in [5.74, 6) is 0. The van der Waals surface area contributed by atoms with Crippen molar-refractivity contribution in [1.29, 1.82) is 0 Å². The largest absolute Gasteiger partial charge is 0.557 e. The van der Waals surface area contributed by atoms with Gasteiger partial charge in [-0.15, -0.1) is 0 Å². The van der Waals surface area contributed by atoms with Gasteiger partial charge in [0.25, 0.3) is 0 Å². The van der Waals surface area contributed by atoms with Gasteiger partial charge in [-0.2, -0.15) is 0 Å². The highest BCUT2D eigenvalue weighted by Crippen LogP contribution is 2.15. The molecule has 1 aliphatic rings. The van der Waals surface area contributed by atoms with Gasteiger partial charge < -0.3 is 7.67 Å². The minimum Gasteiger partial charge on any atom is -0.481 e. The van der Waals surface area contributed by atoms with Crippen molar-refractivity contribution < 1.29 is 3.79 Å². The molecule has 1 heterocycles. The standard InChI is InChI=1S/C5H11NO.Al.H/c1-5(2,3)6-4-7;;/h4H2,1-3H3;;/q-2;+2;. The first kappa shape index (κ1) is 6.57. The van der Waals surface area contributed by atoms with E-state index in [0.717, 1.165) is 6.73 Å². The van der Waals surface area contributed by atoms with Crippen LogP contribution in [0.4, 0.5) is 0 Å². The predicted molar refractivity (Wildman–Crippen MR) is 34.7 cm³/mol. The van der Waals surface area contributed by atoms with Crippen LogP contribution in [0.3, 0.4) is 0 Å². The molecule has 8 heavy (non-hydrogen) atoms. The zero-order valence-corrected chi connectivity index (χ0v) is 7.18. The minimum atomic E-state index is -0.252. The summed E-state index contributed by atoms with van der Waals surface area (Å²) in [6.07, 6.45) is 0. The van der Waals surface area contributed by atoms with Crippen LogP contribution >= 0.6 is 0 Å². The van der Waals surface area contributed by atoms with E-state index in [1.54, 1.807) is 0 Å². The third-order valence-electron chi connectivity index (χ3n) is 1.44. The smallest absolute Gasteiger partial charge is 0.481 e. The fraction of sp³-hybridized carbons (Fsp3) is 1.00. The predicted octanol–water partition coefficient (Wildman–Crippen LogP) is 0.341. The van der Waals surface area contributed by atoms with Gasteiger partial charge in [-0.1, -0.05) is 0 Å². The van der Waals surface area contributed by atoms with Crippen molar-refractivity contribution in [3.05, 3.63) is 0 Å². The van der Waals surface area contributed by atoms with Gasteiger partial charge >= 0.3 is 15.8 Å². The quantitative estimate of drug-likeness (QED) is 0.437. The van der Waals surface area contributed by atoms with Crippen LogP contribution in [-0.2, 0) is 3.79 Å². The van der Waals surface area contributed by atoms with Crippen LogP contribution < -0.4 is 0 Å². The summed E-state index contributed by atoms with van der Waals surface area (Å²) >= 11 is -0.252. The molecule has 0 unspecified atom stereocenters. The van der Waals surface area contributed by atoms with Crippen molar-refractivity contribution in [2.75, 3.05) is 6.73 Å². The average molecular weight is 129 g/mol. The number of rotatable bonds is 0. The van der Waals surface area contributed by atoms with E-state index < -0.39 is 0 Å². The zero-order valence-electron chi connectivity index (χ0n) is 5.77. The Balaban J connectivity index is 2.34. The Hall–Kier alpha value is 0.452. The van der Waals surface area contributed by atoms with Crippen molar-refractivity contribution in [2.45, 2.75) is 26.3 Å². The first-order valence-corrected chi connectivity index (χ1v) is 4.14. The molecule has 0 saturated carbocycles. The second-order valence-corrected chi connectivity index (χ2v) is 4.60. The zero-order chi connectivity index (χ0) is 6.20. The highest BCUT2D eigenvalue weighted by atomic mass is 27.2. The number of nitrogens with zero attached hydrogens (tertiary/aromatic N) is 1. The van der Waals surface area contributed by atoms with Gasteiger partial charge in [0.1, 0.15) is 0 Å². The Morgan fingerprint density at radius 1 is 1.50 bits per heavy atom. The van der Waals surface area contributed by atoms with Gasteiger partial charge in [0.2, 0.25) is 0 Å². The molecule has 1 fully saturated rings. The molecule has 1 rings (SSSR count). The van der Waals surface area contributed by atoms with Crippen LogP contribution in [0.25, 0.3) is 0 Å². The first-order valence-electron chi connectivity index (χ1n) is 2.93. The fourth-order valence-corrected chi connectivity index (χ4v) is 1.32. The molecule has 0 amide bonds. The molecule has 0 atom stereocenters. The van der Waals surface area contributed by atoms with E-state index in [0.29, 0.717) is 5.54 Å². The third kappa shape index (κ3) is 1.24. The molecule has 1 aliphatic heterocycles. The van der Waals surface area contributed by atoms with E-state index in [1.807, 2.05) is 0 Å². The first-order chi connectivity index (χ1) is 3.61. The van der Waals surface area contributed by atoms with Crippen LogP contribution in [0.1, 0.15) is 20.8 Å².